The second-order valence-corrected chi connectivity index (χ2v) is 6.83. The Bertz CT molecular complexity index is 835. The molecule has 148 valence electrons. The molecule has 2 aliphatic heterocycles. The summed E-state index contributed by atoms with van der Waals surface area (Å²) in [7, 11) is 0. The topological polar surface area (TPSA) is 118 Å². The molecule has 0 saturated carbocycles. The van der Waals surface area contributed by atoms with E-state index in [0.717, 1.165) is 4.90 Å². The first-order valence-electron chi connectivity index (χ1n) is 9.03. The van der Waals surface area contributed by atoms with Gasteiger partial charge in [0.05, 0.1) is 12.2 Å². The Hall–Kier alpha value is -3.23. The number of ketones is 1. The summed E-state index contributed by atoms with van der Waals surface area (Å²) in [6.45, 7) is 2.02. The number of urea groups is 1. The number of amides is 4. The Kier molecular flexibility index (Phi) is 5.43. The maximum atomic E-state index is 12.8. The highest BCUT2D eigenvalue weighted by Gasteiger charge is 2.48. The molecule has 1 atom stereocenters. The molecular weight excluding hydrogens is 366 g/mol. The lowest BCUT2D eigenvalue weighted by Crippen LogP contribution is -2.54. The van der Waals surface area contributed by atoms with E-state index in [2.05, 4.69) is 0 Å². The minimum Gasteiger partial charge on any atom is -0.550 e. The molecule has 0 N–H and O–H groups in total. The average Bonchev–Trinajstić information content (AvgIpc) is 2.91. The highest BCUT2D eigenvalue weighted by molar-refractivity contribution is 6.21. The number of imide groups is 1. The second kappa shape index (κ2) is 7.79. The number of Topliss-reactive ketones (excluding diaryl/α,β-unsaturated/α-hetero) is 1. The number of carboxylic acids is 1. The lowest BCUT2D eigenvalue weighted by atomic mass is 10.1. The van der Waals surface area contributed by atoms with E-state index in [4.69, 9.17) is 0 Å². The van der Waals surface area contributed by atoms with Gasteiger partial charge in [0, 0.05) is 31.0 Å². The molecule has 2 saturated heterocycles. The van der Waals surface area contributed by atoms with Crippen molar-refractivity contribution in [1.82, 2.24) is 9.80 Å². The molecule has 0 aromatic heterocycles. The van der Waals surface area contributed by atoms with Crippen molar-refractivity contribution in [2.45, 2.75) is 32.2 Å². The van der Waals surface area contributed by atoms with Gasteiger partial charge in [0.2, 0.25) is 5.91 Å². The fourth-order valence-corrected chi connectivity index (χ4v) is 3.45. The van der Waals surface area contributed by atoms with E-state index in [1.165, 1.54) is 16.7 Å². The zero-order chi connectivity index (χ0) is 20.4. The zero-order valence-corrected chi connectivity index (χ0v) is 15.4. The van der Waals surface area contributed by atoms with Crippen molar-refractivity contribution < 1.29 is 29.1 Å². The standard InChI is InChI=1S/C19H21N3O6/c1-12(23)13-5-7-14(8-6-13)22-18(27)15-11-20(9-10-21(15)19(22)28)16(24)3-2-4-17(25)26/h5-8,15H,2-4,9-11H2,1H3,(H,25,26)/p-1/t15-/m0/s1. The van der Waals surface area contributed by atoms with Crippen LogP contribution in [0.3, 0.4) is 0 Å². The minimum absolute atomic E-state index is 0.0546. The number of aliphatic carboxylic acids is 1. The minimum atomic E-state index is -1.21. The maximum absolute atomic E-state index is 12.8. The third kappa shape index (κ3) is 3.73. The summed E-state index contributed by atoms with van der Waals surface area (Å²) in [5.41, 5.74) is 0.857. The number of benzene rings is 1. The number of hydrogen-bond donors (Lipinski definition) is 0. The van der Waals surface area contributed by atoms with Crippen LogP contribution in [0, 0.1) is 0 Å². The SMILES string of the molecule is CC(=O)c1ccc(N2C(=O)[C@@H]3CN(C(=O)CCCC(=O)[O-])CCN3C2=O)cc1. The third-order valence-electron chi connectivity index (χ3n) is 4.98. The smallest absolute Gasteiger partial charge is 0.332 e. The van der Waals surface area contributed by atoms with Gasteiger partial charge in [-0.1, -0.05) is 0 Å². The second-order valence-electron chi connectivity index (χ2n) is 6.83. The van der Waals surface area contributed by atoms with Gasteiger partial charge in [-0.3, -0.25) is 14.4 Å². The Labute approximate surface area is 161 Å². The lowest BCUT2D eigenvalue weighted by molar-refractivity contribution is -0.305. The van der Waals surface area contributed by atoms with Crippen molar-refractivity contribution >= 4 is 35.3 Å². The van der Waals surface area contributed by atoms with E-state index in [-0.39, 0.29) is 50.6 Å². The van der Waals surface area contributed by atoms with E-state index >= 15 is 0 Å². The Balaban J connectivity index is 1.69. The molecule has 3 rings (SSSR count). The van der Waals surface area contributed by atoms with Crippen LogP contribution in [0.4, 0.5) is 10.5 Å². The Morgan fingerprint density at radius 2 is 1.75 bits per heavy atom. The summed E-state index contributed by atoms with van der Waals surface area (Å²) in [4.78, 5) is 63.6. The van der Waals surface area contributed by atoms with Crippen molar-refractivity contribution in [1.29, 1.82) is 0 Å². The molecule has 0 unspecified atom stereocenters. The van der Waals surface area contributed by atoms with Gasteiger partial charge >= 0.3 is 6.03 Å². The number of nitrogens with zero attached hydrogens (tertiary/aromatic N) is 3. The molecule has 9 nitrogen and oxygen atoms in total. The third-order valence-corrected chi connectivity index (χ3v) is 4.98. The average molecular weight is 386 g/mol. The number of anilines is 1. The van der Waals surface area contributed by atoms with E-state index in [9.17, 15) is 29.1 Å². The number of rotatable bonds is 6. The Morgan fingerprint density at radius 1 is 1.07 bits per heavy atom. The molecule has 0 aliphatic carbocycles. The molecule has 1 aromatic carbocycles. The number of carbonyl (C=O) groups excluding carboxylic acids is 5. The number of piperazine rings is 1. The molecule has 2 fully saturated rings. The van der Waals surface area contributed by atoms with Crippen LogP contribution in [-0.4, -0.2) is 65.1 Å². The molecule has 2 aliphatic rings. The van der Waals surface area contributed by atoms with Gasteiger partial charge in [0.15, 0.2) is 5.78 Å². The summed E-state index contributed by atoms with van der Waals surface area (Å²) in [6.07, 6.45) is 0.0309. The van der Waals surface area contributed by atoms with E-state index in [0.29, 0.717) is 11.3 Å². The van der Waals surface area contributed by atoms with Gasteiger partial charge in [0.1, 0.15) is 6.04 Å². The van der Waals surface area contributed by atoms with Crippen molar-refractivity contribution in [2.75, 3.05) is 24.5 Å². The highest BCUT2D eigenvalue weighted by atomic mass is 16.4. The van der Waals surface area contributed by atoms with Crippen LogP contribution < -0.4 is 10.0 Å². The highest BCUT2D eigenvalue weighted by Crippen LogP contribution is 2.28. The van der Waals surface area contributed by atoms with Crippen molar-refractivity contribution in [3.8, 4) is 0 Å². The van der Waals surface area contributed by atoms with Crippen LogP contribution in [0.25, 0.3) is 0 Å². The molecule has 28 heavy (non-hydrogen) atoms. The number of carbonyl (C=O) groups is 5. The predicted molar refractivity (Wildman–Crippen MR) is 95.3 cm³/mol. The molecule has 1 aromatic rings. The van der Waals surface area contributed by atoms with Crippen LogP contribution in [0.1, 0.15) is 36.5 Å². The quantitative estimate of drug-likeness (QED) is 0.493. The van der Waals surface area contributed by atoms with E-state index in [1.54, 1.807) is 24.3 Å². The van der Waals surface area contributed by atoms with Crippen LogP contribution in [-0.2, 0) is 14.4 Å². The molecule has 0 radical (unpaired) electrons. The molecule has 0 bridgehead atoms. The van der Waals surface area contributed by atoms with E-state index in [1.807, 2.05) is 0 Å². The fourth-order valence-electron chi connectivity index (χ4n) is 3.45. The largest absolute Gasteiger partial charge is 0.550 e. The van der Waals surface area contributed by atoms with Gasteiger partial charge in [-0.05, 0) is 44.0 Å². The van der Waals surface area contributed by atoms with Crippen LogP contribution in [0.15, 0.2) is 24.3 Å². The normalized spacial score (nSPS) is 19.0. The number of hydrogen-bond acceptors (Lipinski definition) is 6. The van der Waals surface area contributed by atoms with Gasteiger partial charge < -0.3 is 19.7 Å². The van der Waals surface area contributed by atoms with Crippen LogP contribution in [0.2, 0.25) is 0 Å². The molecule has 4 amide bonds. The molecular formula is C19H20N3O6-. The van der Waals surface area contributed by atoms with Crippen molar-refractivity contribution in [2.24, 2.45) is 0 Å². The number of fused-ring (bicyclic) bond motifs is 1. The first-order valence-corrected chi connectivity index (χ1v) is 9.03. The Morgan fingerprint density at radius 3 is 2.36 bits per heavy atom. The number of carboxylic acid groups (broad SMARTS) is 1. The van der Waals surface area contributed by atoms with Crippen molar-refractivity contribution in [3.05, 3.63) is 29.8 Å². The predicted octanol–water partition coefficient (Wildman–Crippen LogP) is -0.211. The van der Waals surface area contributed by atoms with Crippen LogP contribution >= 0.6 is 0 Å². The maximum Gasteiger partial charge on any atom is 0.332 e. The molecule has 2 heterocycles. The van der Waals surface area contributed by atoms with E-state index < -0.39 is 23.9 Å². The summed E-state index contributed by atoms with van der Waals surface area (Å²) in [5.74, 6) is -1.99. The molecule has 0 spiro atoms. The van der Waals surface area contributed by atoms with Crippen LogP contribution in [0.5, 0.6) is 0 Å². The zero-order valence-electron chi connectivity index (χ0n) is 15.4. The molecule has 9 heteroatoms. The van der Waals surface area contributed by atoms with Gasteiger partial charge in [-0.25, -0.2) is 9.69 Å². The summed E-state index contributed by atoms with van der Waals surface area (Å²) >= 11 is 0. The van der Waals surface area contributed by atoms with Gasteiger partial charge in [0.25, 0.3) is 5.91 Å². The lowest BCUT2D eigenvalue weighted by Gasteiger charge is -2.35. The van der Waals surface area contributed by atoms with Gasteiger partial charge in [-0.2, -0.15) is 0 Å². The summed E-state index contributed by atoms with van der Waals surface area (Å²) in [5, 5.41) is 10.5. The van der Waals surface area contributed by atoms with Crippen molar-refractivity contribution in [3.63, 3.8) is 0 Å². The monoisotopic (exact) mass is 386 g/mol. The summed E-state index contributed by atoms with van der Waals surface area (Å²) < 4.78 is 0. The first-order chi connectivity index (χ1) is 13.3. The first kappa shape index (κ1) is 19.5. The summed E-state index contributed by atoms with van der Waals surface area (Å²) in [6, 6.07) is 5.00. The van der Waals surface area contributed by atoms with Gasteiger partial charge in [-0.15, -0.1) is 0 Å². The fraction of sp³-hybridized carbons (Fsp3) is 0.421.